The molecule has 3 N–H and O–H groups in total. The van der Waals surface area contributed by atoms with Gasteiger partial charge in [0, 0.05) is 4.88 Å². The van der Waals surface area contributed by atoms with Gasteiger partial charge in [-0.2, -0.15) is 0 Å². The second-order valence-corrected chi connectivity index (χ2v) is 11.5. The number of aliphatic hydroxyl groups is 1. The molecule has 2 aromatic carbocycles. The second kappa shape index (κ2) is 11.8. The summed E-state index contributed by atoms with van der Waals surface area (Å²) in [4.78, 5) is 30.1. The zero-order chi connectivity index (χ0) is 27.2. The lowest BCUT2D eigenvalue weighted by atomic mass is 9.86. The maximum absolute atomic E-state index is 14.0. The van der Waals surface area contributed by atoms with Gasteiger partial charge in [-0.1, -0.05) is 30.3 Å². The highest BCUT2D eigenvalue weighted by molar-refractivity contribution is 7.89. The SMILES string of the molecule is COc1ccc([C@](O)(CCCc2ccccc2F)C(=O)NCc2nc(C(=O)NS(C)(=O)=O)c(C)s2)cc1. The molecule has 1 atom stereocenters. The molecule has 0 radical (unpaired) electrons. The topological polar surface area (TPSA) is 135 Å². The van der Waals surface area contributed by atoms with Gasteiger partial charge in [0.1, 0.15) is 22.3 Å². The number of thiazole rings is 1. The summed E-state index contributed by atoms with van der Waals surface area (Å²) in [6, 6.07) is 12.8. The van der Waals surface area contributed by atoms with E-state index in [9.17, 15) is 27.5 Å². The van der Waals surface area contributed by atoms with Crippen molar-refractivity contribution < 1.29 is 32.2 Å². The predicted octanol–water partition coefficient (Wildman–Crippen LogP) is 2.82. The molecule has 0 saturated heterocycles. The molecule has 0 spiro atoms. The van der Waals surface area contributed by atoms with E-state index in [0.29, 0.717) is 39.6 Å². The summed E-state index contributed by atoms with van der Waals surface area (Å²) < 4.78 is 43.8. The molecule has 0 fully saturated rings. The van der Waals surface area contributed by atoms with Crippen LogP contribution in [0.1, 0.15) is 44.3 Å². The number of amides is 2. The molecule has 3 aromatic rings. The minimum Gasteiger partial charge on any atom is -0.497 e. The van der Waals surface area contributed by atoms with Gasteiger partial charge < -0.3 is 15.2 Å². The summed E-state index contributed by atoms with van der Waals surface area (Å²) in [5, 5.41) is 14.5. The summed E-state index contributed by atoms with van der Waals surface area (Å²) in [5.74, 6) is -1.36. The largest absolute Gasteiger partial charge is 0.497 e. The van der Waals surface area contributed by atoms with Crippen molar-refractivity contribution in [3.8, 4) is 5.75 Å². The summed E-state index contributed by atoms with van der Waals surface area (Å²) in [7, 11) is -2.26. The highest BCUT2D eigenvalue weighted by Gasteiger charge is 2.37. The summed E-state index contributed by atoms with van der Waals surface area (Å²) >= 11 is 1.12. The molecule has 198 valence electrons. The Morgan fingerprint density at radius 2 is 1.84 bits per heavy atom. The van der Waals surface area contributed by atoms with Gasteiger partial charge in [0.15, 0.2) is 5.60 Å². The van der Waals surface area contributed by atoms with E-state index < -0.39 is 27.4 Å². The lowest BCUT2D eigenvalue weighted by molar-refractivity contribution is -0.142. The van der Waals surface area contributed by atoms with Crippen molar-refractivity contribution in [3.63, 3.8) is 0 Å². The van der Waals surface area contributed by atoms with Gasteiger partial charge in [0.05, 0.1) is 19.9 Å². The molecule has 0 aliphatic rings. The molecule has 37 heavy (non-hydrogen) atoms. The Morgan fingerprint density at radius 1 is 1.16 bits per heavy atom. The predicted molar refractivity (Wildman–Crippen MR) is 137 cm³/mol. The van der Waals surface area contributed by atoms with Crippen molar-refractivity contribution in [2.45, 2.75) is 38.3 Å². The molecular weight excluding hydrogens is 521 g/mol. The lowest BCUT2D eigenvalue weighted by Gasteiger charge is -2.27. The van der Waals surface area contributed by atoms with Crippen LogP contribution in [0.4, 0.5) is 4.39 Å². The standard InChI is InChI=1S/C25H28FN3O6S2/c1-16-22(23(30)29-37(3,33)34)28-21(36-16)15-27-24(31)25(32,18-10-12-19(35-2)13-11-18)14-6-8-17-7-4-5-9-20(17)26/h4-5,7,9-13,32H,6,8,14-15H2,1-3H3,(H,27,31)(H,29,30)/t25-/m1/s1. The first kappa shape index (κ1) is 28.2. The van der Waals surface area contributed by atoms with Crippen molar-refractivity contribution in [1.29, 1.82) is 0 Å². The third-order valence-electron chi connectivity index (χ3n) is 5.62. The molecule has 0 bridgehead atoms. The van der Waals surface area contributed by atoms with Crippen LogP contribution in [-0.2, 0) is 33.4 Å². The summed E-state index contributed by atoms with van der Waals surface area (Å²) in [6.07, 6.45) is 1.52. The van der Waals surface area contributed by atoms with Crippen LogP contribution < -0.4 is 14.8 Å². The van der Waals surface area contributed by atoms with Crippen LogP contribution in [0.3, 0.4) is 0 Å². The quantitative estimate of drug-likeness (QED) is 0.335. The van der Waals surface area contributed by atoms with Crippen molar-refractivity contribution in [2.75, 3.05) is 13.4 Å². The molecule has 2 amide bonds. The zero-order valence-electron chi connectivity index (χ0n) is 20.6. The molecule has 1 heterocycles. The highest BCUT2D eigenvalue weighted by Crippen LogP contribution is 2.30. The number of nitrogens with zero attached hydrogens (tertiary/aromatic N) is 1. The number of carbonyl (C=O) groups is 2. The number of methoxy groups -OCH3 is 1. The number of halogens is 1. The van der Waals surface area contributed by atoms with Crippen molar-refractivity contribution in [1.82, 2.24) is 15.0 Å². The van der Waals surface area contributed by atoms with Crippen LogP contribution >= 0.6 is 11.3 Å². The van der Waals surface area contributed by atoms with Crippen molar-refractivity contribution >= 4 is 33.2 Å². The van der Waals surface area contributed by atoms with Gasteiger partial charge in [-0.3, -0.25) is 9.59 Å². The number of aryl methyl sites for hydroxylation is 2. The van der Waals surface area contributed by atoms with Crippen LogP contribution in [0.15, 0.2) is 48.5 Å². The third kappa shape index (κ3) is 7.34. The first-order valence-corrected chi connectivity index (χ1v) is 14.0. The molecule has 0 aliphatic heterocycles. The number of benzene rings is 2. The molecule has 9 nitrogen and oxygen atoms in total. The number of nitrogens with one attached hydrogen (secondary N) is 2. The van der Waals surface area contributed by atoms with E-state index in [-0.39, 0.29) is 24.5 Å². The van der Waals surface area contributed by atoms with E-state index >= 15 is 0 Å². The summed E-state index contributed by atoms with van der Waals surface area (Å²) in [6.45, 7) is 1.51. The van der Waals surface area contributed by atoms with Gasteiger partial charge >= 0.3 is 0 Å². The minimum atomic E-state index is -3.76. The maximum atomic E-state index is 14.0. The van der Waals surface area contributed by atoms with Gasteiger partial charge in [-0.05, 0) is 55.5 Å². The Morgan fingerprint density at radius 3 is 2.46 bits per heavy atom. The van der Waals surface area contributed by atoms with E-state index in [2.05, 4.69) is 10.3 Å². The molecule has 12 heteroatoms. The summed E-state index contributed by atoms with van der Waals surface area (Å²) in [5.41, 5.74) is -1.17. The molecular formula is C25H28FN3O6S2. The lowest BCUT2D eigenvalue weighted by Crippen LogP contribution is -2.44. The van der Waals surface area contributed by atoms with Crippen LogP contribution in [0.2, 0.25) is 0 Å². The van der Waals surface area contributed by atoms with Gasteiger partial charge in [0.25, 0.3) is 11.8 Å². The third-order valence-corrected chi connectivity index (χ3v) is 7.15. The number of hydrogen-bond acceptors (Lipinski definition) is 8. The number of rotatable bonds is 11. The van der Waals surface area contributed by atoms with E-state index in [0.717, 1.165) is 17.6 Å². The Labute approximate surface area is 218 Å². The monoisotopic (exact) mass is 549 g/mol. The molecule has 3 rings (SSSR count). The fourth-order valence-corrected chi connectivity index (χ4v) is 5.05. The van der Waals surface area contributed by atoms with E-state index in [1.54, 1.807) is 49.4 Å². The molecule has 0 unspecified atom stereocenters. The van der Waals surface area contributed by atoms with Crippen LogP contribution in [0.25, 0.3) is 0 Å². The fraction of sp³-hybridized carbons (Fsp3) is 0.320. The fourth-order valence-electron chi connectivity index (χ4n) is 3.75. The number of hydrogen-bond donors (Lipinski definition) is 3. The van der Waals surface area contributed by atoms with Crippen molar-refractivity contribution in [2.24, 2.45) is 0 Å². The number of ether oxygens (including phenoxy) is 1. The molecule has 0 aliphatic carbocycles. The van der Waals surface area contributed by atoms with Gasteiger partial charge in [-0.15, -0.1) is 11.3 Å². The van der Waals surface area contributed by atoms with Crippen LogP contribution in [-0.4, -0.2) is 43.7 Å². The average Bonchev–Trinajstić information content (AvgIpc) is 3.23. The Bertz CT molecular complexity index is 1380. The van der Waals surface area contributed by atoms with Gasteiger partial charge in [-0.25, -0.2) is 22.5 Å². The smallest absolute Gasteiger partial charge is 0.284 e. The second-order valence-electron chi connectivity index (χ2n) is 8.43. The van der Waals surface area contributed by atoms with Crippen LogP contribution in [0, 0.1) is 12.7 Å². The minimum absolute atomic E-state index is 0.0123. The van der Waals surface area contributed by atoms with Gasteiger partial charge in [0.2, 0.25) is 10.0 Å². The first-order valence-electron chi connectivity index (χ1n) is 11.3. The number of aromatic nitrogens is 1. The molecule has 0 saturated carbocycles. The number of sulfonamides is 1. The van der Waals surface area contributed by atoms with E-state index in [1.807, 2.05) is 4.72 Å². The Kier molecular flexibility index (Phi) is 9.00. The number of carbonyl (C=O) groups excluding carboxylic acids is 2. The Hall–Kier alpha value is -3.35. The zero-order valence-corrected chi connectivity index (χ0v) is 22.2. The highest BCUT2D eigenvalue weighted by atomic mass is 32.2. The first-order chi connectivity index (χ1) is 17.4. The van der Waals surface area contributed by atoms with Crippen LogP contribution in [0.5, 0.6) is 5.75 Å². The average molecular weight is 550 g/mol. The van der Waals surface area contributed by atoms with E-state index in [4.69, 9.17) is 4.74 Å². The normalized spacial score (nSPS) is 13.0. The van der Waals surface area contributed by atoms with E-state index in [1.165, 1.54) is 13.2 Å². The Balaban J connectivity index is 1.76. The van der Waals surface area contributed by atoms with Crippen molar-refractivity contribution in [3.05, 3.63) is 81.1 Å². The maximum Gasteiger partial charge on any atom is 0.284 e. The molecule has 1 aromatic heterocycles.